The Morgan fingerprint density at radius 3 is 2.69 bits per heavy atom. The number of benzene rings is 1. The third kappa shape index (κ3) is 3.72. The molecule has 16 heavy (non-hydrogen) atoms. The van der Waals surface area contributed by atoms with Crippen LogP contribution in [0.15, 0.2) is 18.2 Å². The van der Waals surface area contributed by atoms with Crippen molar-refractivity contribution in [1.82, 2.24) is 0 Å². The minimum absolute atomic E-state index is 0.00942. The lowest BCUT2D eigenvalue weighted by molar-refractivity contribution is -0.139. The van der Waals surface area contributed by atoms with Gasteiger partial charge in [0.1, 0.15) is 11.5 Å². The first-order valence-corrected chi connectivity index (χ1v) is 4.39. The minimum Gasteiger partial charge on any atom is -0.482 e. The summed E-state index contributed by atoms with van der Waals surface area (Å²) in [6, 6.07) is 4.02. The third-order valence-corrected chi connectivity index (χ3v) is 1.72. The molecular formula is C10H10F2O4. The summed E-state index contributed by atoms with van der Waals surface area (Å²) in [5, 5.41) is 8.39. The van der Waals surface area contributed by atoms with Gasteiger partial charge >= 0.3 is 12.6 Å². The van der Waals surface area contributed by atoms with Gasteiger partial charge in [0.05, 0.1) is 0 Å². The third-order valence-electron chi connectivity index (χ3n) is 1.72. The van der Waals surface area contributed by atoms with Crippen LogP contribution in [0.2, 0.25) is 0 Å². The summed E-state index contributed by atoms with van der Waals surface area (Å²) in [6.45, 7) is -1.75. The standard InChI is InChI=1S/C10H10F2O4/c1-6-4-7(16-10(11)12)2-3-8(6)15-5-9(13)14/h2-4,10H,5H2,1H3,(H,13,14). The molecule has 0 aliphatic rings. The lowest BCUT2D eigenvalue weighted by Crippen LogP contribution is -2.10. The summed E-state index contributed by atoms with van der Waals surface area (Å²) >= 11 is 0. The number of aryl methyl sites for hydroxylation is 1. The molecule has 88 valence electrons. The van der Waals surface area contributed by atoms with Gasteiger partial charge in [-0.2, -0.15) is 8.78 Å². The van der Waals surface area contributed by atoms with Crippen LogP contribution in [-0.4, -0.2) is 24.3 Å². The molecule has 0 aromatic heterocycles. The van der Waals surface area contributed by atoms with Crippen molar-refractivity contribution >= 4 is 5.97 Å². The smallest absolute Gasteiger partial charge is 0.387 e. The van der Waals surface area contributed by atoms with Gasteiger partial charge in [0, 0.05) is 0 Å². The second kappa shape index (κ2) is 5.29. The monoisotopic (exact) mass is 232 g/mol. The maximum atomic E-state index is 11.9. The van der Waals surface area contributed by atoms with Crippen LogP contribution >= 0.6 is 0 Å². The fourth-order valence-corrected chi connectivity index (χ4v) is 1.10. The van der Waals surface area contributed by atoms with Gasteiger partial charge < -0.3 is 14.6 Å². The quantitative estimate of drug-likeness (QED) is 0.844. The summed E-state index contributed by atoms with van der Waals surface area (Å²) in [5.74, 6) is -0.772. The van der Waals surface area contributed by atoms with Crippen molar-refractivity contribution in [3.8, 4) is 11.5 Å². The Hall–Kier alpha value is -1.85. The first kappa shape index (κ1) is 12.2. The molecule has 0 amide bonds. The number of rotatable bonds is 5. The van der Waals surface area contributed by atoms with E-state index < -0.39 is 19.2 Å². The lowest BCUT2D eigenvalue weighted by atomic mass is 10.2. The molecule has 4 nitrogen and oxygen atoms in total. The zero-order chi connectivity index (χ0) is 12.1. The molecular weight excluding hydrogens is 222 g/mol. The molecule has 0 unspecified atom stereocenters. The molecule has 6 heteroatoms. The molecule has 0 spiro atoms. The summed E-state index contributed by atoms with van der Waals surface area (Å²) in [7, 11) is 0. The summed E-state index contributed by atoms with van der Waals surface area (Å²) < 4.78 is 32.8. The van der Waals surface area contributed by atoms with Crippen LogP contribution in [0.4, 0.5) is 8.78 Å². The molecule has 0 saturated carbocycles. The Bertz CT molecular complexity index is 379. The number of aliphatic carboxylic acids is 1. The number of carboxylic acids is 1. The van der Waals surface area contributed by atoms with E-state index in [9.17, 15) is 13.6 Å². The number of carboxylic acid groups (broad SMARTS) is 1. The van der Waals surface area contributed by atoms with Gasteiger partial charge in [0.2, 0.25) is 0 Å². The maximum absolute atomic E-state index is 11.9. The van der Waals surface area contributed by atoms with Crippen LogP contribution in [0.5, 0.6) is 11.5 Å². The normalized spacial score (nSPS) is 10.2. The summed E-state index contributed by atoms with van der Waals surface area (Å²) in [5.41, 5.74) is 0.527. The topological polar surface area (TPSA) is 55.8 Å². The first-order valence-electron chi connectivity index (χ1n) is 4.39. The van der Waals surface area contributed by atoms with Crippen LogP contribution in [0, 0.1) is 6.92 Å². The predicted octanol–water partition coefficient (Wildman–Crippen LogP) is 2.06. The number of ether oxygens (including phenoxy) is 2. The molecule has 0 aliphatic carbocycles. The summed E-state index contributed by atoms with van der Waals surface area (Å²) in [6.07, 6.45) is 0. The molecule has 0 aliphatic heterocycles. The second-order valence-electron chi connectivity index (χ2n) is 2.99. The fourth-order valence-electron chi connectivity index (χ4n) is 1.10. The van der Waals surface area contributed by atoms with Gasteiger partial charge in [-0.15, -0.1) is 0 Å². The van der Waals surface area contributed by atoms with E-state index in [2.05, 4.69) is 4.74 Å². The van der Waals surface area contributed by atoms with E-state index >= 15 is 0 Å². The van der Waals surface area contributed by atoms with E-state index in [1.165, 1.54) is 18.2 Å². The van der Waals surface area contributed by atoms with Crippen molar-refractivity contribution in [3.63, 3.8) is 0 Å². The molecule has 0 bridgehead atoms. The van der Waals surface area contributed by atoms with Crippen molar-refractivity contribution in [2.75, 3.05) is 6.61 Å². The Balaban J connectivity index is 2.71. The van der Waals surface area contributed by atoms with Crippen LogP contribution in [0.25, 0.3) is 0 Å². The predicted molar refractivity (Wildman–Crippen MR) is 50.9 cm³/mol. The highest BCUT2D eigenvalue weighted by Crippen LogP contribution is 2.24. The highest BCUT2D eigenvalue weighted by Gasteiger charge is 2.07. The van der Waals surface area contributed by atoms with Crippen molar-refractivity contribution in [2.45, 2.75) is 13.5 Å². The van der Waals surface area contributed by atoms with Crippen LogP contribution in [0.3, 0.4) is 0 Å². The molecule has 0 atom stereocenters. The number of alkyl halides is 2. The van der Waals surface area contributed by atoms with Crippen LogP contribution in [-0.2, 0) is 4.79 Å². The Morgan fingerprint density at radius 1 is 1.50 bits per heavy atom. The number of carbonyl (C=O) groups is 1. The molecule has 1 rings (SSSR count). The Kier molecular flexibility index (Phi) is 4.04. The lowest BCUT2D eigenvalue weighted by Gasteiger charge is -2.09. The Morgan fingerprint density at radius 2 is 2.19 bits per heavy atom. The van der Waals surface area contributed by atoms with Gasteiger partial charge in [0.15, 0.2) is 6.61 Å². The van der Waals surface area contributed by atoms with Crippen molar-refractivity contribution in [1.29, 1.82) is 0 Å². The van der Waals surface area contributed by atoms with E-state index in [0.29, 0.717) is 11.3 Å². The molecule has 0 heterocycles. The molecule has 1 aromatic carbocycles. The minimum atomic E-state index is -2.88. The van der Waals surface area contributed by atoms with E-state index in [-0.39, 0.29) is 5.75 Å². The molecule has 1 N–H and O–H groups in total. The SMILES string of the molecule is Cc1cc(OC(F)F)ccc1OCC(=O)O. The van der Waals surface area contributed by atoms with Gasteiger partial charge in [0.25, 0.3) is 0 Å². The average molecular weight is 232 g/mol. The number of halogens is 2. The molecule has 0 fully saturated rings. The first-order chi connectivity index (χ1) is 7.49. The van der Waals surface area contributed by atoms with Gasteiger partial charge in [-0.1, -0.05) is 0 Å². The zero-order valence-electron chi connectivity index (χ0n) is 8.44. The molecule has 0 radical (unpaired) electrons. The number of hydrogen-bond acceptors (Lipinski definition) is 3. The highest BCUT2D eigenvalue weighted by atomic mass is 19.3. The van der Waals surface area contributed by atoms with Gasteiger partial charge in [-0.25, -0.2) is 4.79 Å². The summed E-state index contributed by atoms with van der Waals surface area (Å²) in [4.78, 5) is 10.2. The average Bonchev–Trinajstić information content (AvgIpc) is 2.15. The van der Waals surface area contributed by atoms with Crippen molar-refractivity contribution < 1.29 is 28.2 Å². The van der Waals surface area contributed by atoms with Crippen LogP contribution < -0.4 is 9.47 Å². The number of hydrogen-bond donors (Lipinski definition) is 1. The molecule has 1 aromatic rings. The van der Waals surface area contributed by atoms with E-state index in [1.54, 1.807) is 6.92 Å². The largest absolute Gasteiger partial charge is 0.482 e. The fraction of sp³-hybridized carbons (Fsp3) is 0.300. The zero-order valence-corrected chi connectivity index (χ0v) is 8.44. The second-order valence-corrected chi connectivity index (χ2v) is 2.99. The highest BCUT2D eigenvalue weighted by molar-refractivity contribution is 5.68. The van der Waals surface area contributed by atoms with Crippen molar-refractivity contribution in [2.24, 2.45) is 0 Å². The van der Waals surface area contributed by atoms with Gasteiger partial charge in [-0.3, -0.25) is 0 Å². The van der Waals surface area contributed by atoms with E-state index in [1.807, 2.05) is 0 Å². The van der Waals surface area contributed by atoms with Crippen molar-refractivity contribution in [3.05, 3.63) is 23.8 Å². The Labute approximate surface area is 90.4 Å². The van der Waals surface area contributed by atoms with E-state index in [0.717, 1.165) is 0 Å². The van der Waals surface area contributed by atoms with Gasteiger partial charge in [-0.05, 0) is 30.7 Å². The molecule has 0 saturated heterocycles. The van der Waals surface area contributed by atoms with Crippen LogP contribution in [0.1, 0.15) is 5.56 Å². The van der Waals surface area contributed by atoms with E-state index in [4.69, 9.17) is 9.84 Å². The maximum Gasteiger partial charge on any atom is 0.387 e.